The number of aromatic nitrogens is 1. The number of nitrogen functional groups attached to an aromatic ring is 1. The van der Waals surface area contributed by atoms with Crippen LogP contribution < -0.4 is 10.5 Å². The minimum Gasteiger partial charge on any atom is -0.484 e. The first-order chi connectivity index (χ1) is 17.3. The number of hydrogen-bond acceptors (Lipinski definition) is 5. The van der Waals surface area contributed by atoms with Gasteiger partial charge in [-0.2, -0.15) is 0 Å². The van der Waals surface area contributed by atoms with Crippen LogP contribution in [0.2, 0.25) is 0 Å². The lowest BCUT2D eigenvalue weighted by Crippen LogP contribution is -2.52. The first kappa shape index (κ1) is 24.8. The van der Waals surface area contributed by atoms with E-state index in [-0.39, 0.29) is 30.0 Å². The van der Waals surface area contributed by atoms with Gasteiger partial charge < -0.3 is 20.3 Å². The number of benzene rings is 2. The fourth-order valence-corrected chi connectivity index (χ4v) is 3.80. The lowest BCUT2D eigenvalue weighted by atomic mass is 10.1. The second-order valence-electron chi connectivity index (χ2n) is 8.27. The van der Waals surface area contributed by atoms with Gasteiger partial charge in [0.05, 0.1) is 11.4 Å². The van der Waals surface area contributed by atoms with Gasteiger partial charge in [0.2, 0.25) is 0 Å². The Bertz CT molecular complexity index is 1270. The number of anilines is 1. The first-order valence-electron chi connectivity index (χ1n) is 11.4. The van der Waals surface area contributed by atoms with Crippen molar-refractivity contribution >= 4 is 23.3 Å². The average molecular weight is 493 g/mol. The number of carbonyl (C=O) groups is 1. The third-order valence-corrected chi connectivity index (χ3v) is 5.66. The molecular formula is C26H26F2N6O2. The summed E-state index contributed by atoms with van der Waals surface area (Å²) in [5.74, 6) is 0.0500. The highest BCUT2D eigenvalue weighted by Gasteiger charge is 2.26. The fraction of sp³-hybridized carbons (Fsp3) is 0.231. The largest absolute Gasteiger partial charge is 0.484 e. The third kappa shape index (κ3) is 6.01. The van der Waals surface area contributed by atoms with E-state index in [1.54, 1.807) is 36.1 Å². The summed E-state index contributed by atoms with van der Waals surface area (Å²) in [6.07, 6.45) is 0. The first-order valence-corrected chi connectivity index (χ1v) is 11.4. The van der Waals surface area contributed by atoms with Gasteiger partial charge in [0, 0.05) is 31.7 Å². The molecule has 0 aliphatic carbocycles. The molecule has 0 radical (unpaired) electrons. The predicted octanol–water partition coefficient (Wildman–Crippen LogP) is 3.58. The number of rotatable bonds is 5. The number of hydrogen-bond donors (Lipinski definition) is 2. The maximum atomic E-state index is 13.4. The molecule has 1 aromatic heterocycles. The number of aliphatic imine (C=N–C) groups is 1. The van der Waals surface area contributed by atoms with Crippen molar-refractivity contribution in [2.45, 2.75) is 6.92 Å². The number of amides is 1. The summed E-state index contributed by atoms with van der Waals surface area (Å²) in [5.41, 5.74) is 8.39. The zero-order valence-electron chi connectivity index (χ0n) is 19.7. The van der Waals surface area contributed by atoms with Gasteiger partial charge in [-0.3, -0.25) is 10.2 Å². The molecule has 1 aliphatic heterocycles. The molecule has 4 rings (SSSR count). The Morgan fingerprint density at radius 3 is 2.17 bits per heavy atom. The number of ether oxygens (including phenoxy) is 1. The Morgan fingerprint density at radius 1 is 0.972 bits per heavy atom. The SMILES string of the molecule is CC(=N)N=C(c1nc(-c2ccc(F)cc2)ccc1N)N1CCN(C(=O)COc2ccc(F)cc2)CC1. The van der Waals surface area contributed by atoms with E-state index in [9.17, 15) is 13.6 Å². The van der Waals surface area contributed by atoms with Crippen LogP contribution in [0.1, 0.15) is 12.6 Å². The van der Waals surface area contributed by atoms with Crippen molar-refractivity contribution in [1.29, 1.82) is 5.41 Å². The second-order valence-corrected chi connectivity index (χ2v) is 8.27. The molecule has 0 atom stereocenters. The number of nitrogens with one attached hydrogen (secondary N) is 1. The van der Waals surface area contributed by atoms with Crippen LogP contribution in [0, 0.1) is 17.0 Å². The lowest BCUT2D eigenvalue weighted by Gasteiger charge is -2.36. The maximum Gasteiger partial charge on any atom is 0.260 e. The van der Waals surface area contributed by atoms with Crippen molar-refractivity contribution in [3.05, 3.63) is 78.0 Å². The highest BCUT2D eigenvalue weighted by molar-refractivity contribution is 6.07. The van der Waals surface area contributed by atoms with Gasteiger partial charge in [-0.25, -0.2) is 18.8 Å². The topological polar surface area (TPSA) is 108 Å². The highest BCUT2D eigenvalue weighted by Crippen LogP contribution is 2.23. The lowest BCUT2D eigenvalue weighted by molar-refractivity contribution is -0.134. The Morgan fingerprint density at radius 2 is 1.56 bits per heavy atom. The van der Waals surface area contributed by atoms with Gasteiger partial charge in [-0.15, -0.1) is 0 Å². The fourth-order valence-electron chi connectivity index (χ4n) is 3.80. The number of piperazine rings is 1. The van der Waals surface area contributed by atoms with Crippen LogP contribution in [-0.2, 0) is 4.79 Å². The molecule has 1 amide bonds. The summed E-state index contributed by atoms with van der Waals surface area (Å²) in [6.45, 7) is 3.15. The summed E-state index contributed by atoms with van der Waals surface area (Å²) in [7, 11) is 0. The molecule has 3 aromatic rings. The van der Waals surface area contributed by atoms with E-state index >= 15 is 0 Å². The van der Waals surface area contributed by atoms with E-state index in [2.05, 4.69) is 9.98 Å². The molecule has 0 spiro atoms. The molecule has 8 nitrogen and oxygen atoms in total. The predicted molar refractivity (Wildman–Crippen MR) is 134 cm³/mol. The second kappa shape index (κ2) is 10.9. The van der Waals surface area contributed by atoms with Crippen molar-refractivity contribution in [3.63, 3.8) is 0 Å². The number of pyridine rings is 1. The molecule has 186 valence electrons. The Kier molecular flexibility index (Phi) is 7.53. The summed E-state index contributed by atoms with van der Waals surface area (Å²) in [5, 5.41) is 7.93. The van der Waals surface area contributed by atoms with Crippen molar-refractivity contribution < 1.29 is 18.3 Å². The number of nitrogens with two attached hydrogens (primary N) is 1. The molecule has 0 saturated carbocycles. The van der Waals surface area contributed by atoms with Crippen LogP contribution in [0.4, 0.5) is 14.5 Å². The van der Waals surface area contributed by atoms with E-state index in [1.165, 1.54) is 36.4 Å². The van der Waals surface area contributed by atoms with Crippen LogP contribution in [0.15, 0.2) is 65.7 Å². The van der Waals surface area contributed by atoms with E-state index in [4.69, 9.17) is 15.9 Å². The number of halogens is 2. The zero-order valence-corrected chi connectivity index (χ0v) is 19.7. The molecule has 0 bridgehead atoms. The molecule has 1 saturated heterocycles. The maximum absolute atomic E-state index is 13.4. The molecule has 3 N–H and O–H groups in total. The summed E-state index contributed by atoms with van der Waals surface area (Å²) in [4.78, 5) is 25.3. The smallest absolute Gasteiger partial charge is 0.260 e. The Hall–Kier alpha value is -4.34. The standard InChI is InChI=1S/C26H26F2N6O2/c1-17(29)31-26(25-22(30)10-11-23(32-25)18-2-4-19(27)5-3-18)34-14-12-33(13-15-34)24(35)16-36-21-8-6-20(28)7-9-21/h2-11,29H,12-16,30H2,1H3. The van der Waals surface area contributed by atoms with Crippen LogP contribution >= 0.6 is 0 Å². The minimum atomic E-state index is -0.374. The zero-order chi connectivity index (χ0) is 25.7. The summed E-state index contributed by atoms with van der Waals surface area (Å²) >= 11 is 0. The van der Waals surface area contributed by atoms with Gasteiger partial charge >= 0.3 is 0 Å². The molecule has 0 unspecified atom stereocenters. The molecule has 2 heterocycles. The molecule has 2 aromatic carbocycles. The van der Waals surface area contributed by atoms with Gasteiger partial charge in [-0.05, 0) is 67.6 Å². The number of nitrogens with zero attached hydrogens (tertiary/aromatic N) is 4. The average Bonchev–Trinajstić information content (AvgIpc) is 2.88. The molecule has 1 fully saturated rings. The highest BCUT2D eigenvalue weighted by atomic mass is 19.1. The number of carbonyl (C=O) groups excluding carboxylic acids is 1. The quantitative estimate of drug-likeness (QED) is 0.418. The van der Waals surface area contributed by atoms with E-state index in [1.807, 2.05) is 4.90 Å². The Balaban J connectivity index is 1.47. The molecule has 10 heteroatoms. The van der Waals surface area contributed by atoms with Gasteiger partial charge in [0.25, 0.3) is 5.91 Å². The van der Waals surface area contributed by atoms with Crippen molar-refractivity contribution in [1.82, 2.24) is 14.8 Å². The third-order valence-electron chi connectivity index (χ3n) is 5.66. The van der Waals surface area contributed by atoms with Crippen molar-refractivity contribution in [2.24, 2.45) is 4.99 Å². The van der Waals surface area contributed by atoms with E-state index < -0.39 is 0 Å². The normalized spacial score (nSPS) is 14.0. The monoisotopic (exact) mass is 492 g/mol. The molecule has 36 heavy (non-hydrogen) atoms. The van der Waals surface area contributed by atoms with E-state index in [0.29, 0.717) is 54.8 Å². The van der Waals surface area contributed by atoms with Gasteiger partial charge in [0.15, 0.2) is 12.4 Å². The van der Waals surface area contributed by atoms with Crippen molar-refractivity contribution in [3.8, 4) is 17.0 Å². The molecule has 1 aliphatic rings. The van der Waals surface area contributed by atoms with Gasteiger partial charge in [0.1, 0.15) is 28.9 Å². The number of amidine groups is 2. The van der Waals surface area contributed by atoms with Crippen LogP contribution in [-0.4, -0.2) is 65.1 Å². The summed E-state index contributed by atoms with van der Waals surface area (Å²) < 4.78 is 31.9. The van der Waals surface area contributed by atoms with Crippen LogP contribution in [0.5, 0.6) is 5.75 Å². The Labute approximate surface area is 207 Å². The van der Waals surface area contributed by atoms with Crippen molar-refractivity contribution in [2.75, 3.05) is 38.5 Å². The summed E-state index contributed by atoms with van der Waals surface area (Å²) in [6, 6.07) is 14.9. The van der Waals surface area contributed by atoms with Gasteiger partial charge in [-0.1, -0.05) is 0 Å². The van der Waals surface area contributed by atoms with Crippen LogP contribution in [0.25, 0.3) is 11.3 Å². The van der Waals surface area contributed by atoms with E-state index in [0.717, 1.165) is 5.56 Å². The minimum absolute atomic E-state index is 0.0876. The molecular weight excluding hydrogens is 466 g/mol. The van der Waals surface area contributed by atoms with Crippen LogP contribution in [0.3, 0.4) is 0 Å².